The van der Waals surface area contributed by atoms with Crippen molar-refractivity contribution < 1.29 is 41.3 Å². The number of hydrogen-bond acceptors (Lipinski definition) is 4. The molecule has 4 nitrogen and oxygen atoms in total. The second kappa shape index (κ2) is 6.61. The first kappa shape index (κ1) is 18.4. The summed E-state index contributed by atoms with van der Waals surface area (Å²) in [6.07, 6.45) is -11.4. The largest absolute Gasteiger partial charge is 0.495 e. The van der Waals surface area contributed by atoms with Crippen LogP contribution in [0.1, 0.15) is 11.1 Å². The van der Waals surface area contributed by atoms with Crippen LogP contribution in [0.25, 0.3) is 0 Å². The minimum atomic E-state index is -5.07. The van der Waals surface area contributed by atoms with Crippen LogP contribution in [-0.2, 0) is 12.4 Å². The van der Waals surface area contributed by atoms with E-state index >= 15 is 0 Å². The third kappa shape index (κ3) is 4.41. The molecule has 1 atom stereocenters. The predicted molar refractivity (Wildman–Crippen MR) is 64.6 cm³/mol. The van der Waals surface area contributed by atoms with Crippen LogP contribution in [-0.4, -0.2) is 36.6 Å². The van der Waals surface area contributed by atoms with E-state index in [1.807, 2.05) is 0 Å². The molecule has 3 N–H and O–H groups in total. The number of alkyl halides is 6. The molecule has 22 heavy (non-hydrogen) atoms. The van der Waals surface area contributed by atoms with E-state index in [1.165, 1.54) is 0 Å². The third-order valence-electron chi connectivity index (χ3n) is 2.68. The lowest BCUT2D eigenvalue weighted by atomic mass is 10.1. The van der Waals surface area contributed by atoms with Crippen LogP contribution in [0.2, 0.25) is 0 Å². The fourth-order valence-electron chi connectivity index (χ4n) is 1.63. The van der Waals surface area contributed by atoms with Gasteiger partial charge in [-0.25, -0.2) is 0 Å². The SMILES string of the molecule is COc1cc(C(F)(F)F)cc(C(F)(F)F)c1NCC(O)CO. The highest BCUT2D eigenvalue weighted by atomic mass is 19.4. The Kier molecular flexibility index (Phi) is 5.52. The van der Waals surface area contributed by atoms with Gasteiger partial charge in [0.2, 0.25) is 0 Å². The first-order valence-electron chi connectivity index (χ1n) is 5.90. The normalized spacial score (nSPS) is 13.9. The summed E-state index contributed by atoms with van der Waals surface area (Å²) in [5.74, 6) is -0.674. The van der Waals surface area contributed by atoms with Crippen molar-refractivity contribution in [3.05, 3.63) is 23.3 Å². The van der Waals surface area contributed by atoms with Gasteiger partial charge in [-0.2, -0.15) is 26.3 Å². The Labute approximate surface area is 121 Å². The number of aliphatic hydroxyl groups excluding tert-OH is 2. The number of aliphatic hydroxyl groups is 2. The molecular formula is C12H13F6NO3. The Balaban J connectivity index is 3.39. The predicted octanol–water partition coefficient (Wildman–Crippen LogP) is 2.50. The summed E-state index contributed by atoms with van der Waals surface area (Å²) in [7, 11) is 0.920. The zero-order valence-corrected chi connectivity index (χ0v) is 11.2. The van der Waals surface area contributed by atoms with Crippen molar-refractivity contribution in [3.8, 4) is 5.75 Å². The van der Waals surface area contributed by atoms with Crippen LogP contribution in [0.15, 0.2) is 12.1 Å². The average Bonchev–Trinajstić information content (AvgIpc) is 2.41. The highest BCUT2D eigenvalue weighted by Gasteiger charge is 2.40. The summed E-state index contributed by atoms with van der Waals surface area (Å²) in [6, 6.07) is 0.374. The van der Waals surface area contributed by atoms with Crippen molar-refractivity contribution in [3.63, 3.8) is 0 Å². The van der Waals surface area contributed by atoms with Gasteiger partial charge in [0.25, 0.3) is 0 Å². The smallest absolute Gasteiger partial charge is 0.418 e. The summed E-state index contributed by atoms with van der Waals surface area (Å²) in [6.45, 7) is -1.22. The van der Waals surface area contributed by atoms with Crippen LogP contribution in [0, 0.1) is 0 Å². The topological polar surface area (TPSA) is 61.7 Å². The van der Waals surface area contributed by atoms with Crippen LogP contribution in [0.4, 0.5) is 32.0 Å². The number of halogens is 6. The maximum atomic E-state index is 13.0. The zero-order chi connectivity index (χ0) is 17.1. The summed E-state index contributed by atoms with van der Waals surface area (Å²) in [4.78, 5) is 0. The number of methoxy groups -OCH3 is 1. The van der Waals surface area contributed by atoms with Crippen molar-refractivity contribution >= 4 is 5.69 Å². The van der Waals surface area contributed by atoms with E-state index < -0.39 is 54.2 Å². The van der Waals surface area contributed by atoms with E-state index in [-0.39, 0.29) is 6.07 Å². The van der Waals surface area contributed by atoms with Crippen molar-refractivity contribution in [2.75, 3.05) is 25.6 Å². The van der Waals surface area contributed by atoms with Crippen molar-refractivity contribution in [2.24, 2.45) is 0 Å². The highest BCUT2D eigenvalue weighted by molar-refractivity contribution is 5.65. The standard InChI is InChI=1S/C12H13F6NO3/c1-22-9-3-6(11(13,14)15)2-8(12(16,17)18)10(9)19-4-7(21)5-20/h2-3,7,19-21H,4-5H2,1H3. The van der Waals surface area contributed by atoms with Crippen LogP contribution < -0.4 is 10.1 Å². The van der Waals surface area contributed by atoms with E-state index in [0.717, 1.165) is 7.11 Å². The lowest BCUT2D eigenvalue weighted by Crippen LogP contribution is -2.25. The van der Waals surface area contributed by atoms with Crippen molar-refractivity contribution in [2.45, 2.75) is 18.5 Å². The van der Waals surface area contributed by atoms with Crippen molar-refractivity contribution in [1.29, 1.82) is 0 Å². The summed E-state index contributed by atoms with van der Waals surface area (Å²) in [5.41, 5.74) is -3.83. The summed E-state index contributed by atoms with van der Waals surface area (Å²) in [5, 5.41) is 19.9. The molecule has 1 rings (SSSR count). The van der Waals surface area contributed by atoms with E-state index in [1.54, 1.807) is 0 Å². The van der Waals surface area contributed by atoms with Gasteiger partial charge in [0, 0.05) is 6.54 Å². The van der Waals surface area contributed by atoms with Gasteiger partial charge in [-0.15, -0.1) is 0 Å². The van der Waals surface area contributed by atoms with Crippen LogP contribution in [0.3, 0.4) is 0 Å². The molecule has 10 heteroatoms. The van der Waals surface area contributed by atoms with Gasteiger partial charge in [0.1, 0.15) is 5.75 Å². The Morgan fingerprint density at radius 2 is 1.73 bits per heavy atom. The van der Waals surface area contributed by atoms with Crippen molar-refractivity contribution in [1.82, 2.24) is 0 Å². The first-order valence-corrected chi connectivity index (χ1v) is 5.90. The monoisotopic (exact) mass is 333 g/mol. The van der Waals surface area contributed by atoms with E-state index in [2.05, 4.69) is 10.1 Å². The molecule has 0 saturated heterocycles. The zero-order valence-electron chi connectivity index (χ0n) is 11.2. The molecule has 0 amide bonds. The molecule has 1 aromatic rings. The number of benzene rings is 1. The Hall–Kier alpha value is -1.68. The maximum absolute atomic E-state index is 13.0. The molecule has 0 aliphatic carbocycles. The van der Waals surface area contributed by atoms with E-state index in [0.29, 0.717) is 6.07 Å². The van der Waals surface area contributed by atoms with Gasteiger partial charge in [0.05, 0.1) is 36.6 Å². The molecule has 0 aliphatic heterocycles. The lowest BCUT2D eigenvalue weighted by Gasteiger charge is -2.21. The fourth-order valence-corrected chi connectivity index (χ4v) is 1.63. The Morgan fingerprint density at radius 1 is 1.14 bits per heavy atom. The molecule has 1 unspecified atom stereocenters. The van der Waals surface area contributed by atoms with Gasteiger partial charge < -0.3 is 20.3 Å². The van der Waals surface area contributed by atoms with Gasteiger partial charge in [-0.05, 0) is 12.1 Å². The minimum absolute atomic E-state index is 0.0455. The molecule has 0 aliphatic rings. The molecule has 0 aromatic heterocycles. The number of anilines is 1. The quantitative estimate of drug-likeness (QED) is 0.725. The third-order valence-corrected chi connectivity index (χ3v) is 2.68. The molecule has 0 bridgehead atoms. The number of nitrogens with one attached hydrogen (secondary N) is 1. The highest BCUT2D eigenvalue weighted by Crippen LogP contribution is 2.44. The molecule has 1 aromatic carbocycles. The number of rotatable bonds is 5. The molecule has 0 heterocycles. The average molecular weight is 333 g/mol. The van der Waals surface area contributed by atoms with Gasteiger partial charge in [-0.1, -0.05) is 0 Å². The molecule has 0 radical (unpaired) electrons. The second-order valence-corrected chi connectivity index (χ2v) is 4.31. The van der Waals surface area contributed by atoms with E-state index in [9.17, 15) is 26.3 Å². The fraction of sp³-hybridized carbons (Fsp3) is 0.500. The summed E-state index contributed by atoms with van der Waals surface area (Å²) >= 11 is 0. The van der Waals surface area contributed by atoms with Gasteiger partial charge >= 0.3 is 12.4 Å². The molecule has 0 saturated carbocycles. The molecule has 0 spiro atoms. The van der Waals surface area contributed by atoms with Crippen LogP contribution >= 0.6 is 0 Å². The lowest BCUT2D eigenvalue weighted by molar-refractivity contribution is -0.142. The molecular weight excluding hydrogens is 320 g/mol. The summed E-state index contributed by atoms with van der Waals surface area (Å²) < 4.78 is 81.4. The Bertz CT molecular complexity index is 515. The number of ether oxygens (including phenoxy) is 1. The number of hydrogen-bond donors (Lipinski definition) is 3. The first-order chi connectivity index (χ1) is 10.0. The van der Waals surface area contributed by atoms with E-state index in [4.69, 9.17) is 10.2 Å². The molecule has 126 valence electrons. The Morgan fingerprint density at radius 3 is 2.14 bits per heavy atom. The van der Waals surface area contributed by atoms with Crippen LogP contribution in [0.5, 0.6) is 5.75 Å². The second-order valence-electron chi connectivity index (χ2n) is 4.31. The molecule has 0 fully saturated rings. The van der Waals surface area contributed by atoms with Gasteiger partial charge in [0.15, 0.2) is 0 Å². The minimum Gasteiger partial charge on any atom is -0.495 e. The maximum Gasteiger partial charge on any atom is 0.418 e. The van der Waals surface area contributed by atoms with Gasteiger partial charge in [-0.3, -0.25) is 0 Å².